The quantitative estimate of drug-likeness (QED) is 0.745. The number of nitrogens with one attached hydrogen (secondary N) is 1. The molecule has 0 bridgehead atoms. The van der Waals surface area contributed by atoms with Crippen LogP contribution in [-0.2, 0) is 6.42 Å². The summed E-state index contributed by atoms with van der Waals surface area (Å²) in [5.74, 6) is 0.700. The Morgan fingerprint density at radius 3 is 2.25 bits per heavy atom. The number of rotatable bonds is 5. The lowest BCUT2D eigenvalue weighted by atomic mass is 10.2. The molecular weight excluding hydrogens is 349 g/mol. The summed E-state index contributed by atoms with van der Waals surface area (Å²) in [5.41, 5.74) is 1.34. The molecule has 0 aliphatic heterocycles. The van der Waals surface area contributed by atoms with Crippen LogP contribution >= 0.6 is 23.2 Å². The summed E-state index contributed by atoms with van der Waals surface area (Å²) >= 11 is 11.6. The number of nitrogens with zero attached hydrogens (tertiary/aromatic N) is 2. The second-order valence-electron chi connectivity index (χ2n) is 5.02. The normalized spacial score (nSPS) is 10.6. The Hall–Kier alpha value is -2.37. The molecule has 3 aromatic rings. The average molecular weight is 362 g/mol. The number of hydrogen-bond acceptors (Lipinski definition) is 4. The standard InChI is InChI=1S/C17H13Cl2N3O2/c18-13-5-1-11(2-6-13)16(23)20-10-9-15-21-22-17(24-15)12-3-7-14(19)8-4-12/h1-8H,9-10H2,(H,20,23). The van der Waals surface area contributed by atoms with Crippen molar-refractivity contribution in [1.29, 1.82) is 0 Å². The Labute approximate surface area is 148 Å². The molecular formula is C17H13Cl2N3O2. The van der Waals surface area contributed by atoms with Crippen molar-refractivity contribution in [2.24, 2.45) is 0 Å². The van der Waals surface area contributed by atoms with E-state index in [4.69, 9.17) is 27.6 Å². The van der Waals surface area contributed by atoms with Crippen molar-refractivity contribution in [3.8, 4) is 11.5 Å². The smallest absolute Gasteiger partial charge is 0.251 e. The van der Waals surface area contributed by atoms with Crippen LogP contribution in [0, 0.1) is 0 Å². The van der Waals surface area contributed by atoms with Crippen molar-refractivity contribution >= 4 is 29.1 Å². The van der Waals surface area contributed by atoms with E-state index in [9.17, 15) is 4.79 Å². The third-order valence-corrected chi connectivity index (χ3v) is 3.79. The monoisotopic (exact) mass is 361 g/mol. The molecule has 1 aromatic heterocycles. The first-order valence-electron chi connectivity index (χ1n) is 7.24. The van der Waals surface area contributed by atoms with Gasteiger partial charge in [-0.3, -0.25) is 4.79 Å². The maximum absolute atomic E-state index is 12.0. The highest BCUT2D eigenvalue weighted by molar-refractivity contribution is 6.30. The maximum Gasteiger partial charge on any atom is 0.251 e. The van der Waals surface area contributed by atoms with Crippen LogP contribution in [0.25, 0.3) is 11.5 Å². The van der Waals surface area contributed by atoms with Crippen LogP contribution in [0.4, 0.5) is 0 Å². The van der Waals surface area contributed by atoms with E-state index in [1.54, 1.807) is 36.4 Å². The fourth-order valence-corrected chi connectivity index (χ4v) is 2.30. The lowest BCUT2D eigenvalue weighted by Gasteiger charge is -2.03. The highest BCUT2D eigenvalue weighted by Gasteiger charge is 2.10. The van der Waals surface area contributed by atoms with Crippen molar-refractivity contribution in [1.82, 2.24) is 15.5 Å². The molecule has 5 nitrogen and oxygen atoms in total. The largest absolute Gasteiger partial charge is 0.421 e. The average Bonchev–Trinajstić information content (AvgIpc) is 3.05. The van der Waals surface area contributed by atoms with Crippen LogP contribution in [0.15, 0.2) is 52.9 Å². The van der Waals surface area contributed by atoms with Crippen molar-refractivity contribution in [3.63, 3.8) is 0 Å². The van der Waals surface area contributed by atoms with Crippen LogP contribution < -0.4 is 5.32 Å². The fourth-order valence-electron chi connectivity index (χ4n) is 2.05. The number of halogens is 2. The molecule has 2 aromatic carbocycles. The Morgan fingerprint density at radius 2 is 1.58 bits per heavy atom. The fraction of sp³-hybridized carbons (Fsp3) is 0.118. The van der Waals surface area contributed by atoms with Gasteiger partial charge in [0.2, 0.25) is 11.8 Å². The predicted molar refractivity (Wildman–Crippen MR) is 92.2 cm³/mol. The second-order valence-corrected chi connectivity index (χ2v) is 5.89. The lowest BCUT2D eigenvalue weighted by Crippen LogP contribution is -2.25. The van der Waals surface area contributed by atoms with Gasteiger partial charge in [0, 0.05) is 34.1 Å². The van der Waals surface area contributed by atoms with Gasteiger partial charge in [-0.1, -0.05) is 23.2 Å². The minimum absolute atomic E-state index is 0.177. The van der Waals surface area contributed by atoms with Crippen LogP contribution in [-0.4, -0.2) is 22.6 Å². The maximum atomic E-state index is 12.0. The molecule has 0 unspecified atom stereocenters. The molecule has 3 rings (SSSR count). The summed E-state index contributed by atoms with van der Waals surface area (Å²) in [7, 11) is 0. The highest BCUT2D eigenvalue weighted by Crippen LogP contribution is 2.20. The van der Waals surface area contributed by atoms with E-state index in [0.29, 0.717) is 40.4 Å². The minimum atomic E-state index is -0.177. The van der Waals surface area contributed by atoms with E-state index < -0.39 is 0 Å². The molecule has 0 spiro atoms. The third-order valence-electron chi connectivity index (χ3n) is 3.29. The SMILES string of the molecule is O=C(NCCc1nnc(-c2ccc(Cl)cc2)o1)c1ccc(Cl)cc1. The van der Waals surface area contributed by atoms with Crippen LogP contribution in [0.3, 0.4) is 0 Å². The molecule has 1 amide bonds. The van der Waals surface area contributed by atoms with E-state index in [1.807, 2.05) is 12.1 Å². The number of aromatic nitrogens is 2. The zero-order valence-electron chi connectivity index (χ0n) is 12.5. The molecule has 0 atom stereocenters. The number of hydrogen-bond donors (Lipinski definition) is 1. The molecule has 0 aliphatic carbocycles. The van der Waals surface area contributed by atoms with Crippen LogP contribution in [0.5, 0.6) is 0 Å². The molecule has 1 heterocycles. The molecule has 0 saturated heterocycles. The molecule has 0 radical (unpaired) electrons. The first-order valence-corrected chi connectivity index (χ1v) is 7.99. The van der Waals surface area contributed by atoms with Gasteiger partial charge in [-0.15, -0.1) is 10.2 Å². The topological polar surface area (TPSA) is 68.0 Å². The summed E-state index contributed by atoms with van der Waals surface area (Å²) in [5, 5.41) is 12.0. The summed E-state index contributed by atoms with van der Waals surface area (Å²) in [4.78, 5) is 12.0. The second kappa shape index (κ2) is 7.47. The number of carbonyl (C=O) groups excluding carboxylic acids is 1. The summed E-state index contributed by atoms with van der Waals surface area (Å²) in [6.07, 6.45) is 0.444. The van der Waals surface area contributed by atoms with Gasteiger partial charge in [0.15, 0.2) is 0 Å². The van der Waals surface area contributed by atoms with Crippen LogP contribution in [0.1, 0.15) is 16.2 Å². The molecule has 0 saturated carbocycles. The molecule has 0 aliphatic rings. The molecule has 24 heavy (non-hydrogen) atoms. The van der Waals surface area contributed by atoms with Gasteiger partial charge >= 0.3 is 0 Å². The summed E-state index contributed by atoms with van der Waals surface area (Å²) in [6, 6.07) is 13.8. The molecule has 1 N–H and O–H groups in total. The van der Waals surface area contributed by atoms with Crippen LogP contribution in [0.2, 0.25) is 10.0 Å². The van der Waals surface area contributed by atoms with Gasteiger partial charge in [0.25, 0.3) is 5.91 Å². The Morgan fingerprint density at radius 1 is 0.958 bits per heavy atom. The predicted octanol–water partition coefficient (Wildman–Crippen LogP) is 4.02. The number of benzene rings is 2. The van der Waals surface area contributed by atoms with Crippen molar-refractivity contribution in [3.05, 3.63) is 70.0 Å². The molecule has 0 fully saturated rings. The van der Waals surface area contributed by atoms with Crippen molar-refractivity contribution in [2.45, 2.75) is 6.42 Å². The van der Waals surface area contributed by atoms with Crippen molar-refractivity contribution in [2.75, 3.05) is 6.54 Å². The van der Waals surface area contributed by atoms with Gasteiger partial charge in [0.1, 0.15) is 0 Å². The van der Waals surface area contributed by atoms with Gasteiger partial charge in [0.05, 0.1) is 0 Å². The van der Waals surface area contributed by atoms with E-state index in [1.165, 1.54) is 0 Å². The number of carbonyl (C=O) groups is 1. The van der Waals surface area contributed by atoms with E-state index in [0.717, 1.165) is 5.56 Å². The number of amides is 1. The van der Waals surface area contributed by atoms with Gasteiger partial charge in [-0.2, -0.15) is 0 Å². The third kappa shape index (κ3) is 4.13. The highest BCUT2D eigenvalue weighted by atomic mass is 35.5. The van der Waals surface area contributed by atoms with E-state index >= 15 is 0 Å². The van der Waals surface area contributed by atoms with Gasteiger partial charge in [-0.25, -0.2) is 0 Å². The summed E-state index contributed by atoms with van der Waals surface area (Å²) < 4.78 is 5.58. The Kier molecular flexibility index (Phi) is 5.13. The molecule has 122 valence electrons. The molecule has 7 heteroatoms. The van der Waals surface area contributed by atoms with E-state index in [2.05, 4.69) is 15.5 Å². The van der Waals surface area contributed by atoms with Gasteiger partial charge < -0.3 is 9.73 Å². The van der Waals surface area contributed by atoms with Gasteiger partial charge in [-0.05, 0) is 48.5 Å². The zero-order chi connectivity index (χ0) is 16.9. The zero-order valence-corrected chi connectivity index (χ0v) is 14.0. The summed E-state index contributed by atoms with van der Waals surface area (Å²) in [6.45, 7) is 0.393. The Balaban J connectivity index is 1.55. The first-order chi connectivity index (χ1) is 11.6. The Bertz CT molecular complexity index is 830. The first kappa shape index (κ1) is 16.5. The van der Waals surface area contributed by atoms with E-state index in [-0.39, 0.29) is 5.91 Å². The van der Waals surface area contributed by atoms with Crippen molar-refractivity contribution < 1.29 is 9.21 Å². The minimum Gasteiger partial charge on any atom is -0.421 e. The lowest BCUT2D eigenvalue weighted by molar-refractivity contribution is 0.0953.